The fourth-order valence-corrected chi connectivity index (χ4v) is 7.81. The van der Waals surface area contributed by atoms with E-state index < -0.39 is 0 Å². The first kappa shape index (κ1) is 20.2. The topological polar surface area (TPSA) is 60.4 Å². The maximum Gasteiger partial charge on any atom is 0.309 e. The molecule has 7 atom stereocenters. The van der Waals surface area contributed by atoms with Crippen molar-refractivity contribution < 1.29 is 19.1 Å². The molecule has 0 N–H and O–H groups in total. The number of carbonyl (C=O) groups is 3. The Bertz CT molecular complexity index is 743. The predicted octanol–water partition coefficient (Wildman–Crippen LogP) is 4.03. The van der Waals surface area contributed by atoms with Crippen LogP contribution in [-0.2, 0) is 19.1 Å². The molecule has 4 aliphatic carbocycles. The van der Waals surface area contributed by atoms with Crippen LogP contribution < -0.4 is 0 Å². The van der Waals surface area contributed by atoms with Gasteiger partial charge in [0, 0.05) is 18.1 Å². The summed E-state index contributed by atoms with van der Waals surface area (Å²) >= 11 is 4.27. The van der Waals surface area contributed by atoms with Gasteiger partial charge in [0.05, 0.1) is 13.0 Å². The van der Waals surface area contributed by atoms with E-state index in [2.05, 4.69) is 26.5 Å². The molecule has 0 heterocycles. The predicted molar refractivity (Wildman–Crippen MR) is 110 cm³/mol. The largest absolute Gasteiger partial charge is 0.469 e. The maximum atomic E-state index is 12.8. The van der Waals surface area contributed by atoms with E-state index >= 15 is 0 Å². The molecule has 0 spiro atoms. The molecule has 2 unspecified atom stereocenters. The third-order valence-electron chi connectivity index (χ3n) is 9.04. The number of rotatable bonds is 3. The SMILES string of the molecule is COC(=O)C1CC[C@H]2[C@@H]3CC(C(=O)CS)C4=CC(=O)CC[C@]4(C)[C@@H]3CC[C@]12C. The number of hydrogen-bond acceptors (Lipinski definition) is 5. The first-order chi connectivity index (χ1) is 13.3. The van der Waals surface area contributed by atoms with Gasteiger partial charge < -0.3 is 4.74 Å². The fraction of sp³-hybridized carbons (Fsp3) is 0.783. The number of ether oxygens (including phenoxy) is 1. The van der Waals surface area contributed by atoms with Gasteiger partial charge in [-0.2, -0.15) is 12.6 Å². The van der Waals surface area contributed by atoms with Crippen LogP contribution in [0.25, 0.3) is 0 Å². The smallest absolute Gasteiger partial charge is 0.309 e. The molecule has 4 rings (SSSR count). The highest BCUT2D eigenvalue weighted by atomic mass is 32.1. The molecule has 0 aromatic rings. The van der Waals surface area contributed by atoms with Crippen LogP contribution in [0, 0.1) is 40.4 Å². The van der Waals surface area contributed by atoms with Crippen molar-refractivity contribution in [3.63, 3.8) is 0 Å². The van der Waals surface area contributed by atoms with E-state index in [1.54, 1.807) is 6.08 Å². The Kier molecular flexibility index (Phi) is 5.05. The third-order valence-corrected chi connectivity index (χ3v) is 9.35. The summed E-state index contributed by atoms with van der Waals surface area (Å²) in [5, 5.41) is 0. The molecule has 3 fully saturated rings. The molecule has 28 heavy (non-hydrogen) atoms. The second-order valence-electron chi connectivity index (χ2n) is 9.97. The highest BCUT2D eigenvalue weighted by molar-refractivity contribution is 7.81. The summed E-state index contributed by atoms with van der Waals surface area (Å²) in [5.74, 6) is 1.60. The minimum atomic E-state index is -0.187. The van der Waals surface area contributed by atoms with Crippen LogP contribution in [0.1, 0.15) is 58.8 Å². The van der Waals surface area contributed by atoms with Crippen molar-refractivity contribution in [2.75, 3.05) is 12.9 Å². The number of hydrogen-bond donors (Lipinski definition) is 1. The number of esters is 1. The van der Waals surface area contributed by atoms with Gasteiger partial charge >= 0.3 is 5.97 Å². The molecule has 0 saturated heterocycles. The molecule has 154 valence electrons. The van der Waals surface area contributed by atoms with Gasteiger partial charge in [-0.3, -0.25) is 14.4 Å². The Morgan fingerprint density at radius 3 is 2.61 bits per heavy atom. The highest BCUT2D eigenvalue weighted by Gasteiger charge is 2.62. The zero-order valence-corrected chi connectivity index (χ0v) is 18.1. The lowest BCUT2D eigenvalue weighted by molar-refractivity contribution is -0.153. The first-order valence-corrected chi connectivity index (χ1v) is 11.4. The molecular formula is C23H32O4S. The number of carbonyl (C=O) groups excluding carboxylic acids is 3. The van der Waals surface area contributed by atoms with Gasteiger partial charge in [-0.15, -0.1) is 0 Å². The average molecular weight is 405 g/mol. The van der Waals surface area contributed by atoms with Crippen LogP contribution >= 0.6 is 12.6 Å². The summed E-state index contributed by atoms with van der Waals surface area (Å²) < 4.78 is 5.13. The quantitative estimate of drug-likeness (QED) is 0.570. The number of Topliss-reactive ketones (excluding diaryl/α,β-unsaturated/α-hetero) is 1. The van der Waals surface area contributed by atoms with E-state index in [0.717, 1.165) is 44.1 Å². The van der Waals surface area contributed by atoms with Crippen LogP contribution in [0.3, 0.4) is 0 Å². The minimum absolute atomic E-state index is 0.0276. The normalized spacial score (nSPS) is 44.8. The number of allylic oxidation sites excluding steroid dienone is 1. The summed E-state index contributed by atoms with van der Waals surface area (Å²) in [5.41, 5.74) is 0.963. The third kappa shape index (κ3) is 2.75. The Morgan fingerprint density at radius 1 is 1.18 bits per heavy atom. The van der Waals surface area contributed by atoms with E-state index in [1.165, 1.54) is 7.11 Å². The molecule has 0 aromatic heterocycles. The second kappa shape index (κ2) is 7.00. The van der Waals surface area contributed by atoms with Gasteiger partial charge in [0.1, 0.15) is 5.78 Å². The van der Waals surface area contributed by atoms with Gasteiger partial charge in [0.25, 0.3) is 0 Å². The maximum absolute atomic E-state index is 12.8. The van der Waals surface area contributed by atoms with Crippen LogP contribution in [0.2, 0.25) is 0 Å². The van der Waals surface area contributed by atoms with Crippen LogP contribution in [0.5, 0.6) is 0 Å². The van der Waals surface area contributed by atoms with Crippen molar-refractivity contribution in [3.8, 4) is 0 Å². The molecule has 0 aliphatic heterocycles. The lowest BCUT2D eigenvalue weighted by Gasteiger charge is -2.59. The Morgan fingerprint density at radius 2 is 1.93 bits per heavy atom. The number of ketones is 2. The average Bonchev–Trinajstić information content (AvgIpc) is 3.04. The number of methoxy groups -OCH3 is 1. The summed E-state index contributed by atoms with van der Waals surface area (Å²) in [4.78, 5) is 37.5. The van der Waals surface area contributed by atoms with Crippen LogP contribution in [0.15, 0.2) is 11.6 Å². The van der Waals surface area contributed by atoms with Gasteiger partial charge in [-0.25, -0.2) is 0 Å². The van der Waals surface area contributed by atoms with Crippen molar-refractivity contribution >= 4 is 30.2 Å². The molecule has 0 radical (unpaired) electrons. The number of thiol groups is 1. The van der Waals surface area contributed by atoms with Crippen molar-refractivity contribution in [2.24, 2.45) is 40.4 Å². The Labute approximate surface area is 173 Å². The number of fused-ring (bicyclic) bond motifs is 5. The summed E-state index contributed by atoms with van der Waals surface area (Å²) in [6.07, 6.45) is 8.05. The van der Waals surface area contributed by atoms with Crippen LogP contribution in [-0.4, -0.2) is 30.4 Å². The Balaban J connectivity index is 1.73. The zero-order chi connectivity index (χ0) is 20.3. The summed E-state index contributed by atoms with van der Waals surface area (Å²) in [6, 6.07) is 0. The molecule has 4 nitrogen and oxygen atoms in total. The van der Waals surface area contributed by atoms with Crippen molar-refractivity contribution in [1.82, 2.24) is 0 Å². The van der Waals surface area contributed by atoms with Crippen molar-refractivity contribution in [3.05, 3.63) is 11.6 Å². The molecular weight excluding hydrogens is 372 g/mol. The monoisotopic (exact) mass is 404 g/mol. The molecule has 0 bridgehead atoms. The van der Waals surface area contributed by atoms with Gasteiger partial charge in [0.15, 0.2) is 5.78 Å². The Hall–Kier alpha value is -1.10. The first-order valence-electron chi connectivity index (χ1n) is 10.7. The van der Waals surface area contributed by atoms with Gasteiger partial charge in [-0.1, -0.05) is 13.8 Å². The van der Waals surface area contributed by atoms with Crippen LogP contribution in [0.4, 0.5) is 0 Å². The lowest BCUT2D eigenvalue weighted by Crippen LogP contribution is -2.54. The van der Waals surface area contributed by atoms with E-state index in [-0.39, 0.29) is 46.0 Å². The summed E-state index contributed by atoms with van der Waals surface area (Å²) in [7, 11) is 1.49. The molecule has 0 aromatic carbocycles. The molecule has 4 aliphatic rings. The van der Waals surface area contributed by atoms with Gasteiger partial charge in [-0.05, 0) is 78.8 Å². The van der Waals surface area contributed by atoms with E-state index in [0.29, 0.717) is 24.2 Å². The molecule has 0 amide bonds. The van der Waals surface area contributed by atoms with Crippen molar-refractivity contribution in [1.29, 1.82) is 0 Å². The summed E-state index contributed by atoms with van der Waals surface area (Å²) in [6.45, 7) is 4.56. The van der Waals surface area contributed by atoms with Gasteiger partial charge in [0.2, 0.25) is 0 Å². The fourth-order valence-electron chi connectivity index (χ4n) is 7.59. The second-order valence-corrected chi connectivity index (χ2v) is 10.3. The van der Waals surface area contributed by atoms with E-state index in [4.69, 9.17) is 4.74 Å². The molecule has 3 saturated carbocycles. The van der Waals surface area contributed by atoms with E-state index in [1.807, 2.05) is 0 Å². The van der Waals surface area contributed by atoms with E-state index in [9.17, 15) is 14.4 Å². The minimum Gasteiger partial charge on any atom is -0.469 e. The zero-order valence-electron chi connectivity index (χ0n) is 17.2. The standard InChI is InChI=1S/C23H32O4S/c1-22-9-7-17-14(16(22)4-5-18(22)21(26)27-3)11-15(20(25)12-28)19-10-13(24)6-8-23(17,19)2/h10,14-18,28H,4-9,11-12H2,1-3H3/t14-,15?,16-,17+,18?,22-,23+/m0/s1. The highest BCUT2D eigenvalue weighted by Crippen LogP contribution is 2.67. The lowest BCUT2D eigenvalue weighted by atomic mass is 9.45. The van der Waals surface area contributed by atoms with Crippen molar-refractivity contribution in [2.45, 2.75) is 58.8 Å². The molecule has 5 heteroatoms.